The van der Waals surface area contributed by atoms with Gasteiger partial charge in [-0.2, -0.15) is 5.10 Å². The van der Waals surface area contributed by atoms with Gasteiger partial charge in [-0.25, -0.2) is 19.4 Å². The first-order chi connectivity index (χ1) is 14.6. The van der Waals surface area contributed by atoms with Crippen LogP contribution in [0.4, 0.5) is 0 Å². The number of aromatic nitrogens is 4. The molecule has 1 atom stereocenters. The van der Waals surface area contributed by atoms with E-state index in [4.69, 9.17) is 4.74 Å². The van der Waals surface area contributed by atoms with Crippen molar-refractivity contribution in [3.63, 3.8) is 0 Å². The maximum atomic E-state index is 11.8. The summed E-state index contributed by atoms with van der Waals surface area (Å²) in [7, 11) is 0. The molecule has 8 nitrogen and oxygen atoms in total. The zero-order valence-electron chi connectivity index (χ0n) is 17.1. The molecule has 0 bridgehead atoms. The van der Waals surface area contributed by atoms with Crippen LogP contribution in [-0.4, -0.2) is 50.3 Å². The summed E-state index contributed by atoms with van der Waals surface area (Å²) in [5.74, 6) is 1.28. The van der Waals surface area contributed by atoms with E-state index in [0.717, 1.165) is 48.9 Å². The molecule has 0 aliphatic carbocycles. The summed E-state index contributed by atoms with van der Waals surface area (Å²) >= 11 is 0. The first-order valence-electron chi connectivity index (χ1n) is 10.2. The number of fused-ring (bicyclic) bond motifs is 1. The lowest BCUT2D eigenvalue weighted by molar-refractivity contribution is 0.0535. The highest BCUT2D eigenvalue weighted by molar-refractivity contribution is 5.93. The second-order valence-electron chi connectivity index (χ2n) is 7.88. The third kappa shape index (κ3) is 3.48. The number of hydrogen-bond donors (Lipinski definition) is 1. The van der Waals surface area contributed by atoms with Crippen LogP contribution in [0.1, 0.15) is 44.5 Å². The molecule has 0 saturated carbocycles. The van der Waals surface area contributed by atoms with Gasteiger partial charge in [0.25, 0.3) is 0 Å². The van der Waals surface area contributed by atoms with E-state index in [-0.39, 0.29) is 12.0 Å². The van der Waals surface area contributed by atoms with Crippen LogP contribution in [0.15, 0.2) is 36.8 Å². The molecule has 3 aromatic rings. The average molecular weight is 404 g/mol. The lowest BCUT2D eigenvalue weighted by Crippen LogP contribution is -2.45. The Morgan fingerprint density at radius 2 is 2.10 bits per heavy atom. The summed E-state index contributed by atoms with van der Waals surface area (Å²) in [4.78, 5) is 22.9. The average Bonchev–Trinajstić information content (AvgIpc) is 3.35. The number of carbonyl (C=O) groups excluding carboxylic acids is 1. The van der Waals surface area contributed by atoms with Crippen molar-refractivity contribution in [2.24, 2.45) is 0 Å². The maximum Gasteiger partial charge on any atom is 0.338 e. The van der Waals surface area contributed by atoms with Gasteiger partial charge in [0.1, 0.15) is 18.8 Å². The highest BCUT2D eigenvalue weighted by atomic mass is 16.5. The molecule has 2 aliphatic heterocycles. The minimum absolute atomic E-state index is 0.213. The number of ether oxygens (including phenoxy) is 1. The number of esters is 1. The van der Waals surface area contributed by atoms with E-state index in [1.54, 1.807) is 11.0 Å². The predicted molar refractivity (Wildman–Crippen MR) is 110 cm³/mol. The van der Waals surface area contributed by atoms with Crippen molar-refractivity contribution in [1.29, 1.82) is 0 Å². The van der Waals surface area contributed by atoms with Gasteiger partial charge in [0.15, 0.2) is 5.82 Å². The molecule has 1 unspecified atom stereocenters. The molecule has 8 heteroatoms. The van der Waals surface area contributed by atoms with Crippen molar-refractivity contribution in [2.45, 2.75) is 33.0 Å². The van der Waals surface area contributed by atoms with Gasteiger partial charge < -0.3 is 10.1 Å². The van der Waals surface area contributed by atoms with Crippen LogP contribution >= 0.6 is 0 Å². The molecule has 1 aromatic carbocycles. The summed E-state index contributed by atoms with van der Waals surface area (Å²) in [6, 6.07) is 8.27. The van der Waals surface area contributed by atoms with Crippen LogP contribution in [0.3, 0.4) is 0 Å². The predicted octanol–water partition coefficient (Wildman–Crippen LogP) is 2.10. The minimum atomic E-state index is -0.213. The smallest absolute Gasteiger partial charge is 0.338 e. The SMILES string of the molecule is Cc1ncn(-c2ccc(CN3CCNC(c4ccc5c(c4C)COC5=O)C3)cn2)n1. The topological polar surface area (TPSA) is 85.2 Å². The normalized spacial score (nSPS) is 19.0. The molecule has 2 aromatic heterocycles. The lowest BCUT2D eigenvalue weighted by atomic mass is 9.93. The number of cyclic esters (lactones) is 1. The van der Waals surface area contributed by atoms with Crippen LogP contribution in [0.2, 0.25) is 0 Å². The van der Waals surface area contributed by atoms with Gasteiger partial charge in [0, 0.05) is 44.0 Å². The van der Waals surface area contributed by atoms with E-state index in [0.29, 0.717) is 12.2 Å². The molecule has 2 aliphatic rings. The number of carbonyl (C=O) groups is 1. The van der Waals surface area contributed by atoms with Crippen molar-refractivity contribution in [2.75, 3.05) is 19.6 Å². The Morgan fingerprint density at radius 3 is 2.87 bits per heavy atom. The van der Waals surface area contributed by atoms with E-state index in [2.05, 4.69) is 44.3 Å². The molecule has 0 amide bonds. The number of nitrogens with zero attached hydrogens (tertiary/aromatic N) is 5. The standard InChI is InChI=1S/C22H24N6O2/c1-14-17(4-5-18-19(14)12-30-22(18)29)20-11-27(8-7-23-20)10-16-3-6-21(24-9-16)28-13-25-15(2)26-28/h3-6,9,13,20,23H,7-8,10-12H2,1-2H3. The Labute approximate surface area is 174 Å². The van der Waals surface area contributed by atoms with E-state index in [9.17, 15) is 4.79 Å². The second kappa shape index (κ2) is 7.62. The van der Waals surface area contributed by atoms with Gasteiger partial charge in [-0.15, -0.1) is 0 Å². The van der Waals surface area contributed by atoms with Crippen LogP contribution in [0.25, 0.3) is 5.82 Å². The van der Waals surface area contributed by atoms with Gasteiger partial charge >= 0.3 is 5.97 Å². The summed E-state index contributed by atoms with van der Waals surface area (Å²) < 4.78 is 6.89. The number of piperazine rings is 1. The molecule has 4 heterocycles. The van der Waals surface area contributed by atoms with Gasteiger partial charge in [-0.05, 0) is 42.7 Å². The van der Waals surface area contributed by atoms with E-state index in [1.807, 2.05) is 25.3 Å². The summed E-state index contributed by atoms with van der Waals surface area (Å²) in [6.45, 7) is 7.97. The number of pyridine rings is 1. The summed E-state index contributed by atoms with van der Waals surface area (Å²) in [5, 5.41) is 7.93. The fourth-order valence-electron chi connectivity index (χ4n) is 4.27. The molecule has 1 fully saturated rings. The van der Waals surface area contributed by atoms with Crippen LogP contribution in [0, 0.1) is 13.8 Å². The molecule has 0 radical (unpaired) electrons. The van der Waals surface area contributed by atoms with Gasteiger partial charge in [-0.1, -0.05) is 12.1 Å². The highest BCUT2D eigenvalue weighted by Gasteiger charge is 2.28. The largest absolute Gasteiger partial charge is 0.457 e. The number of benzene rings is 1. The Morgan fingerprint density at radius 1 is 1.20 bits per heavy atom. The molecule has 5 rings (SSSR count). The van der Waals surface area contributed by atoms with Crippen molar-refractivity contribution in [3.05, 3.63) is 70.4 Å². The molecule has 154 valence electrons. The van der Waals surface area contributed by atoms with E-state index >= 15 is 0 Å². The van der Waals surface area contributed by atoms with E-state index in [1.165, 1.54) is 11.1 Å². The third-order valence-electron chi connectivity index (χ3n) is 5.90. The zero-order valence-corrected chi connectivity index (χ0v) is 17.1. The van der Waals surface area contributed by atoms with Crippen LogP contribution in [0.5, 0.6) is 0 Å². The van der Waals surface area contributed by atoms with Crippen LogP contribution in [-0.2, 0) is 17.9 Å². The third-order valence-corrected chi connectivity index (χ3v) is 5.90. The minimum Gasteiger partial charge on any atom is -0.457 e. The quantitative estimate of drug-likeness (QED) is 0.667. The van der Waals surface area contributed by atoms with Crippen molar-refractivity contribution in [3.8, 4) is 5.82 Å². The first kappa shape index (κ1) is 18.9. The fraction of sp³-hybridized carbons (Fsp3) is 0.364. The van der Waals surface area contributed by atoms with Gasteiger partial charge in [-0.3, -0.25) is 4.90 Å². The zero-order chi connectivity index (χ0) is 20.7. The number of rotatable bonds is 4. The number of aryl methyl sites for hydroxylation is 1. The molecule has 1 N–H and O–H groups in total. The first-order valence-corrected chi connectivity index (χ1v) is 10.2. The number of hydrogen-bond acceptors (Lipinski definition) is 7. The van der Waals surface area contributed by atoms with Crippen LogP contribution < -0.4 is 5.32 Å². The molecular weight excluding hydrogens is 380 g/mol. The Kier molecular flexibility index (Phi) is 4.80. The van der Waals surface area contributed by atoms with Crippen molar-refractivity contribution in [1.82, 2.24) is 30.0 Å². The number of nitrogens with one attached hydrogen (secondary N) is 1. The molecule has 0 spiro atoms. The summed E-state index contributed by atoms with van der Waals surface area (Å²) in [5.41, 5.74) is 5.30. The van der Waals surface area contributed by atoms with Gasteiger partial charge in [0.05, 0.1) is 5.56 Å². The summed E-state index contributed by atoms with van der Waals surface area (Å²) in [6.07, 6.45) is 3.59. The molecular formula is C22H24N6O2. The maximum absolute atomic E-state index is 11.8. The van der Waals surface area contributed by atoms with Crippen molar-refractivity contribution >= 4 is 5.97 Å². The lowest BCUT2D eigenvalue weighted by Gasteiger charge is -2.34. The highest BCUT2D eigenvalue weighted by Crippen LogP contribution is 2.30. The van der Waals surface area contributed by atoms with Crippen molar-refractivity contribution < 1.29 is 9.53 Å². The van der Waals surface area contributed by atoms with E-state index < -0.39 is 0 Å². The fourth-order valence-corrected chi connectivity index (χ4v) is 4.27. The molecule has 1 saturated heterocycles. The second-order valence-corrected chi connectivity index (χ2v) is 7.88. The Balaban J connectivity index is 1.29. The Bertz CT molecular complexity index is 1090. The molecule has 30 heavy (non-hydrogen) atoms. The Hall–Kier alpha value is -3.10. The van der Waals surface area contributed by atoms with Gasteiger partial charge in [0.2, 0.25) is 0 Å². The monoisotopic (exact) mass is 404 g/mol.